The smallest absolute Gasteiger partial charge is 0.276 e. The molecule has 23 heavy (non-hydrogen) atoms. The lowest BCUT2D eigenvalue weighted by Gasteiger charge is -2.11. The van der Waals surface area contributed by atoms with E-state index in [0.717, 1.165) is 19.3 Å². The summed E-state index contributed by atoms with van der Waals surface area (Å²) in [5, 5.41) is 2.54. The van der Waals surface area contributed by atoms with Gasteiger partial charge in [-0.15, -0.1) is 0 Å². The number of nitrogens with one attached hydrogen (secondary N) is 3. The highest BCUT2D eigenvalue weighted by molar-refractivity contribution is 7.80. The second-order valence-electron chi connectivity index (χ2n) is 4.94. The number of carbonyl (C=O) groups excluding carboxylic acids is 2. The Morgan fingerprint density at radius 1 is 1.09 bits per heavy atom. The van der Waals surface area contributed by atoms with Gasteiger partial charge in [0.15, 0.2) is 11.7 Å². The first kappa shape index (κ1) is 18.9. The van der Waals surface area contributed by atoms with E-state index < -0.39 is 5.91 Å². The molecule has 6 nitrogen and oxygen atoms in total. The number of hydrogen-bond donors (Lipinski definition) is 3. The van der Waals surface area contributed by atoms with Gasteiger partial charge in [-0.1, -0.05) is 32.4 Å². The number of hydrogen-bond acceptors (Lipinski definition) is 4. The fourth-order valence-corrected chi connectivity index (χ4v) is 1.86. The third-order valence-electron chi connectivity index (χ3n) is 3.03. The van der Waals surface area contributed by atoms with Crippen molar-refractivity contribution in [2.24, 2.45) is 0 Å². The number of ether oxygens (including phenoxy) is 1. The van der Waals surface area contributed by atoms with Crippen LogP contribution in [0.4, 0.5) is 0 Å². The third kappa shape index (κ3) is 8.15. The predicted octanol–water partition coefficient (Wildman–Crippen LogP) is 1.84. The zero-order valence-corrected chi connectivity index (χ0v) is 14.3. The molecule has 0 radical (unpaired) electrons. The minimum Gasteiger partial charge on any atom is -0.484 e. The summed E-state index contributed by atoms with van der Waals surface area (Å²) >= 11 is 4.91. The molecule has 0 heterocycles. The summed E-state index contributed by atoms with van der Waals surface area (Å²) in [7, 11) is 0. The van der Waals surface area contributed by atoms with Gasteiger partial charge in [-0.3, -0.25) is 20.4 Å². The molecule has 1 aromatic rings. The number of aryl methyl sites for hydroxylation is 1. The first-order chi connectivity index (χ1) is 11.0. The Bertz CT molecular complexity index is 532. The molecule has 3 N–H and O–H groups in total. The standard InChI is InChI=1S/C16H23N3O3S/c1-3-5-6-14(20)17-16(23)19-18-15(21)11-22-13-9-7-12(4-2)8-10-13/h7-10H,3-6,11H2,1-2H3,(H,18,21)(H2,17,19,20,23). The Labute approximate surface area is 141 Å². The van der Waals surface area contributed by atoms with E-state index in [2.05, 4.69) is 23.1 Å². The minimum absolute atomic E-state index is 0.0618. The van der Waals surface area contributed by atoms with Gasteiger partial charge in [0.1, 0.15) is 5.75 Å². The zero-order valence-electron chi connectivity index (χ0n) is 13.5. The van der Waals surface area contributed by atoms with Crippen LogP contribution in [0.1, 0.15) is 38.7 Å². The molecule has 0 spiro atoms. The van der Waals surface area contributed by atoms with Gasteiger partial charge in [-0.2, -0.15) is 0 Å². The number of thiocarbonyl (C=S) groups is 1. The summed E-state index contributed by atoms with van der Waals surface area (Å²) in [6.07, 6.45) is 3.08. The molecule has 126 valence electrons. The molecule has 0 aliphatic carbocycles. The van der Waals surface area contributed by atoms with Gasteiger partial charge in [-0.05, 0) is 42.8 Å². The molecule has 2 amide bonds. The number of carbonyl (C=O) groups is 2. The molecular weight excluding hydrogens is 314 g/mol. The summed E-state index contributed by atoms with van der Waals surface area (Å²) in [4.78, 5) is 23.1. The molecule has 7 heteroatoms. The summed E-state index contributed by atoms with van der Waals surface area (Å²) < 4.78 is 5.35. The van der Waals surface area contributed by atoms with Crippen molar-refractivity contribution in [1.29, 1.82) is 0 Å². The second-order valence-corrected chi connectivity index (χ2v) is 5.35. The van der Waals surface area contributed by atoms with Crippen molar-refractivity contribution in [1.82, 2.24) is 16.2 Å². The van der Waals surface area contributed by atoms with Gasteiger partial charge in [0.25, 0.3) is 5.91 Å². The van der Waals surface area contributed by atoms with Crippen molar-refractivity contribution in [3.63, 3.8) is 0 Å². The Kier molecular flexibility index (Phi) is 8.67. The molecule has 1 rings (SSSR count). The fourth-order valence-electron chi connectivity index (χ4n) is 1.69. The van der Waals surface area contributed by atoms with E-state index in [9.17, 15) is 9.59 Å². The topological polar surface area (TPSA) is 79.5 Å². The van der Waals surface area contributed by atoms with Crippen LogP contribution in [0.15, 0.2) is 24.3 Å². The third-order valence-corrected chi connectivity index (χ3v) is 3.23. The first-order valence-electron chi connectivity index (χ1n) is 7.65. The SMILES string of the molecule is CCCCC(=O)NC(=S)NNC(=O)COc1ccc(CC)cc1. The van der Waals surface area contributed by atoms with Gasteiger partial charge in [0, 0.05) is 6.42 Å². The van der Waals surface area contributed by atoms with E-state index >= 15 is 0 Å². The van der Waals surface area contributed by atoms with E-state index in [1.165, 1.54) is 5.56 Å². The average Bonchev–Trinajstić information content (AvgIpc) is 2.56. The molecule has 1 aromatic carbocycles. The Morgan fingerprint density at radius 2 is 1.78 bits per heavy atom. The zero-order chi connectivity index (χ0) is 17.1. The monoisotopic (exact) mass is 337 g/mol. The average molecular weight is 337 g/mol. The maximum Gasteiger partial charge on any atom is 0.276 e. The summed E-state index contributed by atoms with van der Waals surface area (Å²) in [6.45, 7) is 3.92. The van der Waals surface area contributed by atoms with Gasteiger partial charge < -0.3 is 10.1 Å². The van der Waals surface area contributed by atoms with Gasteiger partial charge in [-0.25, -0.2) is 0 Å². The van der Waals surface area contributed by atoms with Gasteiger partial charge in [0.05, 0.1) is 0 Å². The van der Waals surface area contributed by atoms with Crippen LogP contribution in [0.5, 0.6) is 5.75 Å². The number of hydrazine groups is 1. The summed E-state index contributed by atoms with van der Waals surface area (Å²) in [5.74, 6) is 0.0494. The minimum atomic E-state index is -0.394. The van der Waals surface area contributed by atoms with Crippen molar-refractivity contribution in [3.8, 4) is 5.75 Å². The van der Waals surface area contributed by atoms with Crippen molar-refractivity contribution < 1.29 is 14.3 Å². The highest BCUT2D eigenvalue weighted by atomic mass is 32.1. The Hall–Kier alpha value is -2.15. The van der Waals surface area contributed by atoms with Crippen LogP contribution in [-0.4, -0.2) is 23.5 Å². The molecule has 0 fully saturated rings. The van der Waals surface area contributed by atoms with E-state index in [-0.39, 0.29) is 17.6 Å². The lowest BCUT2D eigenvalue weighted by molar-refractivity contribution is -0.124. The summed E-state index contributed by atoms with van der Waals surface area (Å²) in [5.41, 5.74) is 6.03. The van der Waals surface area contributed by atoms with Crippen molar-refractivity contribution >= 4 is 29.1 Å². The molecule has 0 aliphatic heterocycles. The quantitative estimate of drug-likeness (QED) is 0.523. The number of unbranched alkanes of at least 4 members (excludes halogenated alkanes) is 1. The van der Waals surface area contributed by atoms with Crippen molar-refractivity contribution in [2.45, 2.75) is 39.5 Å². The van der Waals surface area contributed by atoms with E-state index in [4.69, 9.17) is 17.0 Å². The highest BCUT2D eigenvalue weighted by Crippen LogP contribution is 2.12. The molecule has 0 atom stereocenters. The van der Waals surface area contributed by atoms with Crippen LogP contribution < -0.4 is 20.9 Å². The van der Waals surface area contributed by atoms with E-state index in [1.54, 1.807) is 0 Å². The van der Waals surface area contributed by atoms with Crippen molar-refractivity contribution in [2.75, 3.05) is 6.61 Å². The normalized spacial score (nSPS) is 9.83. The van der Waals surface area contributed by atoms with Crippen LogP contribution in [0.3, 0.4) is 0 Å². The molecule has 0 saturated carbocycles. The van der Waals surface area contributed by atoms with Crippen LogP contribution in [-0.2, 0) is 16.0 Å². The molecular formula is C16H23N3O3S. The molecule has 0 saturated heterocycles. The highest BCUT2D eigenvalue weighted by Gasteiger charge is 2.06. The lowest BCUT2D eigenvalue weighted by Crippen LogP contribution is -2.49. The second kappa shape index (κ2) is 10.6. The van der Waals surface area contributed by atoms with Crippen molar-refractivity contribution in [3.05, 3.63) is 29.8 Å². The number of amides is 2. The lowest BCUT2D eigenvalue weighted by atomic mass is 10.2. The van der Waals surface area contributed by atoms with Crippen LogP contribution >= 0.6 is 12.2 Å². The van der Waals surface area contributed by atoms with Crippen LogP contribution in [0.2, 0.25) is 0 Å². The molecule has 0 unspecified atom stereocenters. The fraction of sp³-hybridized carbons (Fsp3) is 0.438. The van der Waals surface area contributed by atoms with Gasteiger partial charge >= 0.3 is 0 Å². The first-order valence-corrected chi connectivity index (χ1v) is 8.06. The maximum atomic E-state index is 11.6. The number of benzene rings is 1. The van der Waals surface area contributed by atoms with E-state index in [1.807, 2.05) is 31.2 Å². The van der Waals surface area contributed by atoms with E-state index in [0.29, 0.717) is 12.2 Å². The Balaban J connectivity index is 2.22. The van der Waals surface area contributed by atoms with Gasteiger partial charge in [0.2, 0.25) is 5.91 Å². The van der Waals surface area contributed by atoms with Crippen LogP contribution in [0, 0.1) is 0 Å². The molecule has 0 aliphatic rings. The largest absolute Gasteiger partial charge is 0.484 e. The van der Waals surface area contributed by atoms with Crippen LogP contribution in [0.25, 0.3) is 0 Å². The predicted molar refractivity (Wildman–Crippen MR) is 92.9 cm³/mol. The number of rotatable bonds is 7. The molecule has 0 aromatic heterocycles. The molecule has 0 bridgehead atoms. The Morgan fingerprint density at radius 3 is 2.39 bits per heavy atom. The maximum absolute atomic E-state index is 11.6. The summed E-state index contributed by atoms with van der Waals surface area (Å²) in [6, 6.07) is 7.54.